The molecule has 0 radical (unpaired) electrons. The van der Waals surface area contributed by atoms with E-state index in [1.807, 2.05) is 30.5 Å². The molecule has 0 bridgehead atoms. The molecule has 0 unspecified atom stereocenters. The number of carbonyl (C=O) groups is 1. The van der Waals surface area contributed by atoms with Gasteiger partial charge in [0.05, 0.1) is 5.41 Å². The molecular formula is C13H15N3O. The maximum atomic E-state index is 12.2. The molecule has 1 aliphatic rings. The van der Waals surface area contributed by atoms with Crippen molar-refractivity contribution in [3.63, 3.8) is 0 Å². The number of aromatic nitrogens is 1. The first-order chi connectivity index (χ1) is 8.15. The largest absolute Gasteiger partial charge is 0.361 e. The molecule has 1 heterocycles. The van der Waals surface area contributed by atoms with Gasteiger partial charge in [0.25, 0.3) is 0 Å². The Bertz CT molecular complexity index is 581. The minimum absolute atomic E-state index is 0.00209. The van der Waals surface area contributed by atoms with Crippen LogP contribution in [0.15, 0.2) is 30.5 Å². The number of hydrazine groups is 1. The summed E-state index contributed by atoms with van der Waals surface area (Å²) >= 11 is 0. The summed E-state index contributed by atoms with van der Waals surface area (Å²) < 4.78 is 0. The molecule has 4 nitrogen and oxygen atoms in total. The molecule has 0 atom stereocenters. The van der Waals surface area contributed by atoms with Gasteiger partial charge < -0.3 is 4.98 Å². The van der Waals surface area contributed by atoms with Gasteiger partial charge >= 0.3 is 0 Å². The van der Waals surface area contributed by atoms with Gasteiger partial charge in [-0.25, -0.2) is 5.84 Å². The van der Waals surface area contributed by atoms with Gasteiger partial charge in [0, 0.05) is 24.1 Å². The number of nitrogens with two attached hydrogens (primary N) is 1. The minimum atomic E-state index is -0.386. The zero-order valence-corrected chi connectivity index (χ0v) is 9.73. The molecule has 1 aromatic carbocycles. The van der Waals surface area contributed by atoms with Gasteiger partial charge in [-0.05, 0) is 24.5 Å². The molecule has 88 valence electrons. The molecule has 3 N–H and O–H groups in total. The lowest BCUT2D eigenvalue weighted by molar-refractivity contribution is -0.132. The predicted molar refractivity (Wildman–Crippen MR) is 66.2 cm³/mol. The third kappa shape index (κ3) is 1.37. The summed E-state index contributed by atoms with van der Waals surface area (Å²) in [4.78, 5) is 15.4. The Morgan fingerprint density at radius 2 is 2.12 bits per heavy atom. The molecule has 0 spiro atoms. The van der Waals surface area contributed by atoms with Crippen molar-refractivity contribution in [2.45, 2.75) is 18.3 Å². The van der Waals surface area contributed by atoms with Crippen LogP contribution in [0.4, 0.5) is 0 Å². The number of fused-ring (bicyclic) bond motifs is 1. The number of aromatic amines is 1. The number of amides is 1. The van der Waals surface area contributed by atoms with Crippen molar-refractivity contribution >= 4 is 16.8 Å². The van der Waals surface area contributed by atoms with Crippen LogP contribution in [0.3, 0.4) is 0 Å². The molecule has 1 amide bonds. The summed E-state index contributed by atoms with van der Waals surface area (Å²) in [5, 5.41) is 2.33. The minimum Gasteiger partial charge on any atom is -0.361 e. The zero-order valence-electron chi connectivity index (χ0n) is 9.73. The Morgan fingerprint density at radius 1 is 1.41 bits per heavy atom. The van der Waals surface area contributed by atoms with E-state index in [0.717, 1.165) is 29.3 Å². The number of nitrogens with one attached hydrogen (secondary N) is 1. The van der Waals surface area contributed by atoms with E-state index < -0.39 is 0 Å². The zero-order chi connectivity index (χ0) is 12.0. The molecule has 1 aliphatic carbocycles. The van der Waals surface area contributed by atoms with Gasteiger partial charge in [0.15, 0.2) is 0 Å². The van der Waals surface area contributed by atoms with Crippen LogP contribution in [-0.4, -0.2) is 22.9 Å². The van der Waals surface area contributed by atoms with E-state index in [0.29, 0.717) is 0 Å². The van der Waals surface area contributed by atoms with E-state index >= 15 is 0 Å². The van der Waals surface area contributed by atoms with E-state index in [-0.39, 0.29) is 11.3 Å². The second-order valence-corrected chi connectivity index (χ2v) is 4.75. The van der Waals surface area contributed by atoms with E-state index in [2.05, 4.69) is 4.98 Å². The van der Waals surface area contributed by atoms with Crippen molar-refractivity contribution in [1.29, 1.82) is 0 Å². The van der Waals surface area contributed by atoms with Gasteiger partial charge in [0.1, 0.15) is 0 Å². The van der Waals surface area contributed by atoms with Crippen LogP contribution in [0.25, 0.3) is 10.9 Å². The van der Waals surface area contributed by atoms with Crippen molar-refractivity contribution in [3.8, 4) is 0 Å². The first kappa shape index (κ1) is 10.4. The maximum Gasteiger partial charge on any atom is 0.246 e. The number of rotatable bonds is 2. The molecule has 4 heteroatoms. The van der Waals surface area contributed by atoms with Crippen LogP contribution in [0.5, 0.6) is 0 Å². The third-order valence-electron chi connectivity index (χ3n) is 3.58. The Hall–Kier alpha value is -1.81. The average molecular weight is 229 g/mol. The fourth-order valence-corrected chi connectivity index (χ4v) is 2.53. The second kappa shape index (κ2) is 3.34. The number of H-pyrrole nitrogens is 1. The average Bonchev–Trinajstić information content (AvgIpc) is 3.02. The van der Waals surface area contributed by atoms with Gasteiger partial charge in [-0.2, -0.15) is 0 Å². The molecule has 2 aromatic rings. The van der Waals surface area contributed by atoms with Crippen LogP contribution < -0.4 is 5.84 Å². The number of hydrogen-bond donors (Lipinski definition) is 2. The fourth-order valence-electron chi connectivity index (χ4n) is 2.53. The number of para-hydroxylation sites is 1. The summed E-state index contributed by atoms with van der Waals surface area (Å²) in [5.74, 6) is 5.59. The van der Waals surface area contributed by atoms with Crippen LogP contribution in [0.2, 0.25) is 0 Å². The van der Waals surface area contributed by atoms with Crippen LogP contribution in [0, 0.1) is 0 Å². The molecule has 1 fully saturated rings. The van der Waals surface area contributed by atoms with E-state index in [4.69, 9.17) is 5.84 Å². The SMILES string of the molecule is CN(N)C(=O)C1(c2c[nH]c3ccccc23)CC1. The van der Waals surface area contributed by atoms with E-state index in [1.165, 1.54) is 5.01 Å². The van der Waals surface area contributed by atoms with Gasteiger partial charge in [-0.3, -0.25) is 9.80 Å². The van der Waals surface area contributed by atoms with Crippen molar-refractivity contribution < 1.29 is 4.79 Å². The van der Waals surface area contributed by atoms with Crippen molar-refractivity contribution in [2.75, 3.05) is 7.05 Å². The molecule has 0 aliphatic heterocycles. The van der Waals surface area contributed by atoms with Gasteiger partial charge in [-0.15, -0.1) is 0 Å². The number of nitrogens with zero attached hydrogens (tertiary/aromatic N) is 1. The summed E-state index contributed by atoms with van der Waals surface area (Å²) in [5.41, 5.74) is 1.76. The maximum absolute atomic E-state index is 12.2. The normalized spacial score (nSPS) is 17.1. The van der Waals surface area contributed by atoms with Crippen molar-refractivity contribution in [3.05, 3.63) is 36.0 Å². The molecule has 17 heavy (non-hydrogen) atoms. The lowest BCUT2D eigenvalue weighted by atomic mass is 9.94. The van der Waals surface area contributed by atoms with Crippen LogP contribution >= 0.6 is 0 Å². The monoisotopic (exact) mass is 229 g/mol. The molecule has 1 saturated carbocycles. The number of carbonyl (C=O) groups excluding carboxylic acids is 1. The third-order valence-corrected chi connectivity index (χ3v) is 3.58. The van der Waals surface area contributed by atoms with Gasteiger partial charge in [0.2, 0.25) is 5.91 Å². The van der Waals surface area contributed by atoms with Crippen molar-refractivity contribution in [2.24, 2.45) is 5.84 Å². The smallest absolute Gasteiger partial charge is 0.246 e. The standard InChI is InChI=1S/C13H15N3O/c1-16(14)12(17)13(6-7-13)10-8-15-11-5-3-2-4-9(10)11/h2-5,8,15H,6-7,14H2,1H3. The van der Waals surface area contributed by atoms with Crippen LogP contribution in [0.1, 0.15) is 18.4 Å². The highest BCUT2D eigenvalue weighted by molar-refractivity contribution is 5.97. The molecule has 0 saturated heterocycles. The Labute approximate surface area is 99.4 Å². The summed E-state index contributed by atoms with van der Waals surface area (Å²) in [6.45, 7) is 0. The number of benzene rings is 1. The Morgan fingerprint density at radius 3 is 2.76 bits per heavy atom. The number of likely N-dealkylation sites (N-methyl/N-ethyl adjacent to an activating group) is 1. The number of hydrogen-bond acceptors (Lipinski definition) is 2. The lowest BCUT2D eigenvalue weighted by Crippen LogP contribution is -2.40. The highest BCUT2D eigenvalue weighted by Crippen LogP contribution is 2.51. The molecule has 3 rings (SSSR count). The quantitative estimate of drug-likeness (QED) is 0.466. The highest BCUT2D eigenvalue weighted by atomic mass is 16.2. The van der Waals surface area contributed by atoms with E-state index in [9.17, 15) is 4.79 Å². The first-order valence-corrected chi connectivity index (χ1v) is 5.74. The van der Waals surface area contributed by atoms with Crippen LogP contribution in [-0.2, 0) is 10.2 Å². The Balaban J connectivity index is 2.13. The van der Waals surface area contributed by atoms with Gasteiger partial charge in [-0.1, -0.05) is 18.2 Å². The Kier molecular flexibility index (Phi) is 2.03. The fraction of sp³-hybridized carbons (Fsp3) is 0.308. The second-order valence-electron chi connectivity index (χ2n) is 4.75. The molecule has 1 aromatic heterocycles. The van der Waals surface area contributed by atoms with E-state index in [1.54, 1.807) is 7.05 Å². The highest BCUT2D eigenvalue weighted by Gasteiger charge is 2.53. The van der Waals surface area contributed by atoms with Crippen molar-refractivity contribution in [1.82, 2.24) is 9.99 Å². The summed E-state index contributed by atoms with van der Waals surface area (Å²) in [7, 11) is 1.61. The topological polar surface area (TPSA) is 62.1 Å². The lowest BCUT2D eigenvalue weighted by Gasteiger charge is -2.18. The first-order valence-electron chi connectivity index (χ1n) is 5.74. The summed E-state index contributed by atoms with van der Waals surface area (Å²) in [6, 6.07) is 8.04. The molecular weight excluding hydrogens is 214 g/mol. The summed E-state index contributed by atoms with van der Waals surface area (Å²) in [6.07, 6.45) is 3.71. The predicted octanol–water partition coefficient (Wildman–Crippen LogP) is 1.53.